The van der Waals surface area contributed by atoms with Crippen molar-refractivity contribution in [2.45, 2.75) is 58.3 Å². The zero-order valence-electron chi connectivity index (χ0n) is 14.7. The smallest absolute Gasteiger partial charge is 0.332 e. The van der Waals surface area contributed by atoms with Crippen LogP contribution in [0.1, 0.15) is 63.9 Å². The average molecular weight is 324 g/mol. The summed E-state index contributed by atoms with van der Waals surface area (Å²) in [4.78, 5) is 11.8. The summed E-state index contributed by atoms with van der Waals surface area (Å²) in [6.07, 6.45) is 11.8. The van der Waals surface area contributed by atoms with Crippen molar-refractivity contribution in [1.29, 1.82) is 0 Å². The fourth-order valence-corrected chi connectivity index (χ4v) is 3.22. The number of carbonyl (C=O) groups is 1. The van der Waals surface area contributed by atoms with Crippen molar-refractivity contribution < 1.29 is 9.53 Å². The van der Waals surface area contributed by atoms with Gasteiger partial charge in [0.25, 0.3) is 0 Å². The first-order valence-electron chi connectivity index (χ1n) is 9.22. The van der Waals surface area contributed by atoms with Crippen molar-refractivity contribution >= 4 is 11.5 Å². The van der Waals surface area contributed by atoms with Crippen LogP contribution in [0, 0.1) is 17.8 Å². The number of carbonyl (C=O) groups excluding carboxylic acids is 1. The maximum Gasteiger partial charge on any atom is 0.332 e. The highest BCUT2D eigenvalue weighted by molar-refractivity contribution is 5.96. The Morgan fingerprint density at radius 3 is 2.67 bits per heavy atom. The molecule has 128 valence electrons. The molecule has 0 atom stereocenters. The van der Waals surface area contributed by atoms with Crippen LogP contribution in [0.15, 0.2) is 36.4 Å². The lowest BCUT2D eigenvalue weighted by Crippen LogP contribution is -2.05. The third-order valence-electron chi connectivity index (χ3n) is 4.50. The first kappa shape index (κ1) is 18.3. The molecule has 2 heteroatoms. The zero-order chi connectivity index (χ0) is 17.0. The number of ether oxygens (including phenoxy) is 1. The predicted molar refractivity (Wildman–Crippen MR) is 99.3 cm³/mol. The lowest BCUT2D eigenvalue weighted by molar-refractivity contribution is -0.137. The van der Waals surface area contributed by atoms with E-state index in [9.17, 15) is 4.79 Å². The Morgan fingerprint density at radius 2 is 1.96 bits per heavy atom. The molecule has 0 radical (unpaired) electrons. The van der Waals surface area contributed by atoms with Crippen LogP contribution in [-0.4, -0.2) is 12.6 Å². The van der Waals surface area contributed by atoms with Gasteiger partial charge in [0.05, 0.1) is 6.61 Å². The van der Waals surface area contributed by atoms with Crippen LogP contribution in [0.4, 0.5) is 0 Å². The summed E-state index contributed by atoms with van der Waals surface area (Å²) in [6.45, 7) is 2.19. The highest BCUT2D eigenvalue weighted by Crippen LogP contribution is 2.27. The molecule has 24 heavy (non-hydrogen) atoms. The van der Waals surface area contributed by atoms with E-state index >= 15 is 0 Å². The van der Waals surface area contributed by atoms with E-state index < -0.39 is 0 Å². The third kappa shape index (κ3) is 6.62. The molecule has 1 aliphatic carbocycles. The Hall–Kier alpha value is -2.01. The standard InChI is InChI=1S/C22H28O2/c1-2-24-22(23)18-21(20-15-9-5-10-16-20)17-11-4-8-14-19-12-6-3-7-13-19/h5,9-10,15-16,18-19H,2-4,6-8,12-14H2,1H3/b21-18+. The van der Waals surface area contributed by atoms with Gasteiger partial charge in [-0.15, -0.1) is 0 Å². The molecule has 0 aromatic heterocycles. The second kappa shape index (κ2) is 10.7. The van der Waals surface area contributed by atoms with Gasteiger partial charge in [-0.3, -0.25) is 0 Å². The Morgan fingerprint density at radius 1 is 1.21 bits per heavy atom. The molecule has 1 saturated carbocycles. The summed E-state index contributed by atoms with van der Waals surface area (Å²) in [6, 6.07) is 9.82. The molecular weight excluding hydrogens is 296 g/mol. The van der Waals surface area contributed by atoms with Crippen molar-refractivity contribution in [2.75, 3.05) is 6.61 Å². The monoisotopic (exact) mass is 324 g/mol. The van der Waals surface area contributed by atoms with E-state index in [0.717, 1.165) is 29.9 Å². The van der Waals surface area contributed by atoms with Crippen LogP contribution in [0.2, 0.25) is 0 Å². The van der Waals surface area contributed by atoms with Crippen LogP contribution in [0.25, 0.3) is 5.57 Å². The number of rotatable bonds is 6. The first-order valence-corrected chi connectivity index (χ1v) is 9.22. The molecule has 0 bridgehead atoms. The SMILES string of the molecule is CCOC(=O)/C=C(\C#CCCCC1CCCCC1)c1ccccc1. The van der Waals surface area contributed by atoms with Gasteiger partial charge >= 0.3 is 5.97 Å². The molecule has 0 heterocycles. The van der Waals surface area contributed by atoms with Crippen molar-refractivity contribution in [3.63, 3.8) is 0 Å². The number of esters is 1. The second-order valence-corrected chi connectivity index (χ2v) is 6.37. The van der Waals surface area contributed by atoms with Gasteiger partial charge in [-0.1, -0.05) is 74.3 Å². The van der Waals surface area contributed by atoms with Crippen LogP contribution in [0.3, 0.4) is 0 Å². The molecule has 1 fully saturated rings. The number of hydrogen-bond donors (Lipinski definition) is 0. The van der Waals surface area contributed by atoms with Crippen LogP contribution in [-0.2, 0) is 9.53 Å². The molecule has 0 unspecified atom stereocenters. The molecular formula is C22H28O2. The highest BCUT2D eigenvalue weighted by Gasteiger charge is 2.12. The van der Waals surface area contributed by atoms with Gasteiger partial charge in [-0.05, 0) is 31.2 Å². The van der Waals surface area contributed by atoms with E-state index in [1.807, 2.05) is 37.3 Å². The summed E-state index contributed by atoms with van der Waals surface area (Å²) in [5.74, 6) is 7.00. The quantitative estimate of drug-likeness (QED) is 0.304. The lowest BCUT2D eigenvalue weighted by atomic mass is 9.86. The molecule has 1 aromatic carbocycles. The van der Waals surface area contributed by atoms with Crippen molar-refractivity contribution in [2.24, 2.45) is 5.92 Å². The lowest BCUT2D eigenvalue weighted by Gasteiger charge is -2.20. The zero-order valence-corrected chi connectivity index (χ0v) is 14.7. The minimum atomic E-state index is -0.326. The summed E-state index contributed by atoms with van der Waals surface area (Å²) in [7, 11) is 0. The molecule has 2 nitrogen and oxygen atoms in total. The van der Waals surface area contributed by atoms with Crippen LogP contribution >= 0.6 is 0 Å². The van der Waals surface area contributed by atoms with E-state index in [0.29, 0.717) is 6.61 Å². The minimum absolute atomic E-state index is 0.326. The Bertz CT molecular complexity index is 583. The fourth-order valence-electron chi connectivity index (χ4n) is 3.22. The first-order chi connectivity index (χ1) is 11.8. The van der Waals surface area contributed by atoms with E-state index in [1.54, 1.807) is 0 Å². The normalized spacial score (nSPS) is 15.5. The molecule has 0 aliphatic heterocycles. The minimum Gasteiger partial charge on any atom is -0.463 e. The summed E-state index contributed by atoms with van der Waals surface area (Å²) in [5.41, 5.74) is 1.71. The number of hydrogen-bond acceptors (Lipinski definition) is 2. The number of benzene rings is 1. The van der Waals surface area contributed by atoms with Gasteiger partial charge in [0.2, 0.25) is 0 Å². The molecule has 2 rings (SSSR count). The Labute approximate surface area is 146 Å². The topological polar surface area (TPSA) is 26.3 Å². The maximum absolute atomic E-state index is 11.8. The van der Waals surface area contributed by atoms with Gasteiger partial charge in [0.1, 0.15) is 0 Å². The van der Waals surface area contributed by atoms with Crippen molar-refractivity contribution in [3.05, 3.63) is 42.0 Å². The molecule has 0 N–H and O–H groups in total. The largest absolute Gasteiger partial charge is 0.463 e. The summed E-state index contributed by atoms with van der Waals surface area (Å²) in [5, 5.41) is 0. The molecule has 0 saturated heterocycles. The maximum atomic E-state index is 11.8. The van der Waals surface area contributed by atoms with Crippen molar-refractivity contribution in [3.8, 4) is 11.8 Å². The van der Waals surface area contributed by atoms with E-state index in [-0.39, 0.29) is 5.97 Å². The van der Waals surface area contributed by atoms with E-state index in [4.69, 9.17) is 4.74 Å². The fraction of sp³-hybridized carbons (Fsp3) is 0.500. The number of unbranched alkanes of at least 4 members (excludes halogenated alkanes) is 1. The summed E-state index contributed by atoms with van der Waals surface area (Å²) < 4.78 is 5.02. The van der Waals surface area contributed by atoms with Crippen LogP contribution < -0.4 is 0 Å². The van der Waals surface area contributed by atoms with E-state index in [1.165, 1.54) is 44.6 Å². The Balaban J connectivity index is 1.92. The molecule has 0 spiro atoms. The highest BCUT2D eigenvalue weighted by atomic mass is 16.5. The predicted octanol–water partition coefficient (Wildman–Crippen LogP) is 5.39. The Kier molecular flexibility index (Phi) is 8.18. The molecule has 1 aromatic rings. The second-order valence-electron chi connectivity index (χ2n) is 6.37. The molecule has 1 aliphatic rings. The van der Waals surface area contributed by atoms with Crippen molar-refractivity contribution in [1.82, 2.24) is 0 Å². The van der Waals surface area contributed by atoms with Gasteiger partial charge in [-0.25, -0.2) is 4.79 Å². The average Bonchev–Trinajstić information content (AvgIpc) is 2.62. The van der Waals surface area contributed by atoms with Gasteiger partial charge in [0.15, 0.2) is 0 Å². The third-order valence-corrected chi connectivity index (χ3v) is 4.50. The number of allylic oxidation sites excluding steroid dienone is 1. The van der Waals surface area contributed by atoms with Gasteiger partial charge in [-0.2, -0.15) is 0 Å². The molecule has 0 amide bonds. The van der Waals surface area contributed by atoms with E-state index in [2.05, 4.69) is 11.8 Å². The summed E-state index contributed by atoms with van der Waals surface area (Å²) >= 11 is 0. The van der Waals surface area contributed by atoms with Crippen LogP contribution in [0.5, 0.6) is 0 Å². The van der Waals surface area contributed by atoms with Gasteiger partial charge in [0, 0.05) is 18.1 Å². The van der Waals surface area contributed by atoms with Gasteiger partial charge < -0.3 is 4.74 Å².